The van der Waals surface area contributed by atoms with Gasteiger partial charge in [-0.3, -0.25) is 0 Å². The summed E-state index contributed by atoms with van der Waals surface area (Å²) in [6.45, 7) is 0.705. The Morgan fingerprint density at radius 3 is 2.79 bits per heavy atom. The molecule has 0 amide bonds. The third-order valence-electron chi connectivity index (χ3n) is 1.46. The second-order valence-corrected chi connectivity index (χ2v) is 5.16. The minimum Gasteiger partial charge on any atom is -0.479 e. The first kappa shape index (κ1) is 14.1. The van der Waals surface area contributed by atoms with E-state index in [9.17, 15) is 4.79 Å². The zero-order valence-corrected chi connectivity index (χ0v) is 10.0. The van der Waals surface area contributed by atoms with Crippen LogP contribution in [0.15, 0.2) is 0 Å². The molecule has 0 saturated carbocycles. The van der Waals surface area contributed by atoms with Crippen LogP contribution in [0.1, 0.15) is 6.42 Å². The standard InChI is InChI=1S/C8H16O4S2/c1-11-7(8(9)10)6-12-4-3-5-14-13-2/h7H,3-6H2,1-2H3,(H,9,10). The molecule has 0 fully saturated rings. The molecule has 0 aromatic rings. The Morgan fingerprint density at radius 1 is 1.57 bits per heavy atom. The normalized spacial score (nSPS) is 12.7. The van der Waals surface area contributed by atoms with Crippen molar-refractivity contribution in [3.05, 3.63) is 0 Å². The van der Waals surface area contributed by atoms with Crippen molar-refractivity contribution in [2.45, 2.75) is 12.5 Å². The highest BCUT2D eigenvalue weighted by molar-refractivity contribution is 8.76. The Balaban J connectivity index is 3.29. The first-order valence-electron chi connectivity index (χ1n) is 4.21. The molecule has 0 aliphatic carbocycles. The van der Waals surface area contributed by atoms with E-state index in [1.165, 1.54) is 7.11 Å². The second kappa shape index (κ2) is 9.64. The summed E-state index contributed by atoms with van der Waals surface area (Å²) in [6.07, 6.45) is 2.11. The molecule has 6 heteroatoms. The number of carbonyl (C=O) groups is 1. The van der Waals surface area contributed by atoms with Crippen molar-refractivity contribution in [1.29, 1.82) is 0 Å². The van der Waals surface area contributed by atoms with Gasteiger partial charge < -0.3 is 14.6 Å². The minimum absolute atomic E-state index is 0.121. The van der Waals surface area contributed by atoms with Gasteiger partial charge in [0.1, 0.15) is 0 Å². The van der Waals surface area contributed by atoms with Crippen molar-refractivity contribution in [3.8, 4) is 0 Å². The van der Waals surface area contributed by atoms with Crippen molar-refractivity contribution >= 4 is 27.6 Å². The third-order valence-corrected chi connectivity index (χ3v) is 3.36. The Kier molecular flexibility index (Phi) is 9.70. The molecular formula is C8H16O4S2. The van der Waals surface area contributed by atoms with E-state index in [4.69, 9.17) is 14.6 Å². The molecular weight excluding hydrogens is 224 g/mol. The Labute approximate surface area is 92.1 Å². The summed E-state index contributed by atoms with van der Waals surface area (Å²) in [6, 6.07) is 0. The maximum absolute atomic E-state index is 10.5. The molecule has 84 valence electrons. The van der Waals surface area contributed by atoms with Gasteiger partial charge in [0.15, 0.2) is 6.10 Å². The minimum atomic E-state index is -0.981. The van der Waals surface area contributed by atoms with Crippen LogP contribution in [-0.4, -0.2) is 49.5 Å². The fraction of sp³-hybridized carbons (Fsp3) is 0.875. The molecule has 0 aromatic carbocycles. The lowest BCUT2D eigenvalue weighted by Gasteiger charge is -2.10. The van der Waals surface area contributed by atoms with Crippen molar-refractivity contribution in [1.82, 2.24) is 0 Å². The summed E-state index contributed by atoms with van der Waals surface area (Å²) in [7, 11) is 4.85. The molecule has 1 N–H and O–H groups in total. The molecule has 0 rings (SSSR count). The fourth-order valence-electron chi connectivity index (χ4n) is 0.734. The van der Waals surface area contributed by atoms with Gasteiger partial charge in [0.25, 0.3) is 0 Å². The maximum Gasteiger partial charge on any atom is 0.335 e. The first-order valence-corrected chi connectivity index (χ1v) is 6.94. The maximum atomic E-state index is 10.5. The van der Waals surface area contributed by atoms with Crippen LogP contribution in [0.5, 0.6) is 0 Å². The second-order valence-electron chi connectivity index (χ2n) is 2.48. The van der Waals surface area contributed by atoms with Gasteiger partial charge >= 0.3 is 5.97 Å². The Morgan fingerprint density at radius 2 is 2.29 bits per heavy atom. The number of methoxy groups -OCH3 is 1. The van der Waals surface area contributed by atoms with Gasteiger partial charge in [0, 0.05) is 19.5 Å². The molecule has 0 aliphatic rings. The predicted octanol–water partition coefficient (Wildman–Crippen LogP) is 1.50. The highest BCUT2D eigenvalue weighted by Crippen LogP contribution is 2.17. The van der Waals surface area contributed by atoms with E-state index >= 15 is 0 Å². The number of rotatable bonds is 9. The molecule has 0 bridgehead atoms. The average Bonchev–Trinajstić information content (AvgIpc) is 2.16. The molecule has 0 heterocycles. The lowest BCUT2D eigenvalue weighted by molar-refractivity contribution is -0.152. The van der Waals surface area contributed by atoms with Crippen molar-refractivity contribution in [2.24, 2.45) is 0 Å². The summed E-state index contributed by atoms with van der Waals surface area (Å²) in [5.41, 5.74) is 0. The number of hydrogen-bond donors (Lipinski definition) is 1. The molecule has 1 atom stereocenters. The van der Waals surface area contributed by atoms with Gasteiger partial charge in [0.05, 0.1) is 6.61 Å². The van der Waals surface area contributed by atoms with Crippen molar-refractivity contribution < 1.29 is 19.4 Å². The zero-order chi connectivity index (χ0) is 10.8. The number of carboxylic acids is 1. The highest BCUT2D eigenvalue weighted by atomic mass is 33.1. The van der Waals surface area contributed by atoms with Crippen molar-refractivity contribution in [2.75, 3.05) is 32.3 Å². The van der Waals surface area contributed by atoms with Crippen LogP contribution in [0.25, 0.3) is 0 Å². The number of carboxylic acid groups (broad SMARTS) is 1. The number of ether oxygens (including phenoxy) is 2. The SMILES string of the molecule is COC(COCCCSSC)C(=O)O. The summed E-state index contributed by atoms with van der Waals surface area (Å²) in [4.78, 5) is 10.5. The highest BCUT2D eigenvalue weighted by Gasteiger charge is 2.15. The van der Waals surface area contributed by atoms with E-state index in [-0.39, 0.29) is 6.61 Å². The van der Waals surface area contributed by atoms with Gasteiger partial charge in [-0.25, -0.2) is 4.79 Å². The summed E-state index contributed by atoms with van der Waals surface area (Å²) in [5, 5.41) is 8.60. The molecule has 4 nitrogen and oxygen atoms in total. The van der Waals surface area contributed by atoms with Crippen LogP contribution in [0.3, 0.4) is 0 Å². The first-order chi connectivity index (χ1) is 6.72. The van der Waals surface area contributed by atoms with Gasteiger partial charge in [-0.15, -0.1) is 0 Å². The van der Waals surface area contributed by atoms with E-state index in [0.29, 0.717) is 6.61 Å². The molecule has 0 spiro atoms. The van der Waals surface area contributed by atoms with Gasteiger partial charge in [-0.2, -0.15) is 0 Å². The van der Waals surface area contributed by atoms with Crippen LogP contribution < -0.4 is 0 Å². The van der Waals surface area contributed by atoms with E-state index in [1.807, 2.05) is 6.26 Å². The van der Waals surface area contributed by atoms with E-state index < -0.39 is 12.1 Å². The number of aliphatic carboxylic acids is 1. The predicted molar refractivity (Wildman–Crippen MR) is 59.8 cm³/mol. The van der Waals surface area contributed by atoms with E-state index in [2.05, 4.69) is 0 Å². The quantitative estimate of drug-likeness (QED) is 0.487. The monoisotopic (exact) mass is 240 g/mol. The lowest BCUT2D eigenvalue weighted by Crippen LogP contribution is -2.28. The molecule has 0 aromatic heterocycles. The summed E-state index contributed by atoms with van der Waals surface area (Å²) in [5.74, 6) is 0.0392. The van der Waals surface area contributed by atoms with Gasteiger partial charge in [0.2, 0.25) is 0 Å². The molecule has 0 radical (unpaired) electrons. The topological polar surface area (TPSA) is 55.8 Å². The third kappa shape index (κ3) is 7.49. The van der Waals surface area contributed by atoms with Crippen molar-refractivity contribution in [3.63, 3.8) is 0 Å². The van der Waals surface area contributed by atoms with Gasteiger partial charge in [-0.1, -0.05) is 21.6 Å². The van der Waals surface area contributed by atoms with Crippen LogP contribution in [0.4, 0.5) is 0 Å². The molecule has 0 saturated heterocycles. The fourth-order valence-corrected chi connectivity index (χ4v) is 1.99. The van der Waals surface area contributed by atoms with Crippen LogP contribution in [0.2, 0.25) is 0 Å². The average molecular weight is 240 g/mol. The number of hydrogen-bond acceptors (Lipinski definition) is 5. The van der Waals surface area contributed by atoms with Crippen LogP contribution in [-0.2, 0) is 14.3 Å². The van der Waals surface area contributed by atoms with E-state index in [0.717, 1.165) is 12.2 Å². The molecule has 14 heavy (non-hydrogen) atoms. The molecule has 1 unspecified atom stereocenters. The summed E-state index contributed by atoms with van der Waals surface area (Å²) >= 11 is 0. The Bertz CT molecular complexity index is 154. The van der Waals surface area contributed by atoms with Gasteiger partial charge in [-0.05, 0) is 12.7 Å². The largest absolute Gasteiger partial charge is 0.479 e. The van der Waals surface area contributed by atoms with Crippen LogP contribution >= 0.6 is 21.6 Å². The summed E-state index contributed by atoms with van der Waals surface area (Å²) < 4.78 is 9.87. The Hall–Kier alpha value is 0.0900. The molecule has 0 aliphatic heterocycles. The van der Waals surface area contributed by atoms with E-state index in [1.54, 1.807) is 21.6 Å². The van der Waals surface area contributed by atoms with Crippen LogP contribution in [0, 0.1) is 0 Å². The smallest absolute Gasteiger partial charge is 0.335 e. The lowest BCUT2D eigenvalue weighted by atomic mass is 10.4. The zero-order valence-electron chi connectivity index (χ0n) is 8.39.